The highest BCUT2D eigenvalue weighted by molar-refractivity contribution is 5.76. The van der Waals surface area contributed by atoms with Crippen molar-refractivity contribution in [3.63, 3.8) is 0 Å². The van der Waals surface area contributed by atoms with Crippen LogP contribution in [0, 0.1) is 20.8 Å². The second-order valence-electron chi connectivity index (χ2n) is 12.8. The molecule has 0 unspecified atom stereocenters. The van der Waals surface area contributed by atoms with E-state index in [-0.39, 0.29) is 51.4 Å². The summed E-state index contributed by atoms with van der Waals surface area (Å²) in [6.45, 7) is 5.56. The third-order valence-corrected chi connectivity index (χ3v) is 9.48. The number of carboxylic acids is 5. The number of fused-ring (bicyclic) bond motifs is 8. The fraction of sp³-hybridized carbons (Fsp3) is 0.324. The summed E-state index contributed by atoms with van der Waals surface area (Å²) in [4.78, 5) is 72.3. The summed E-state index contributed by atoms with van der Waals surface area (Å²) in [5.41, 5.74) is 7.57. The van der Waals surface area contributed by atoms with Crippen molar-refractivity contribution >= 4 is 54.2 Å². The summed E-state index contributed by atoms with van der Waals surface area (Å²) >= 11 is 0. The second kappa shape index (κ2) is 14.8. The standard InChI is InChI=1S/C37H40N4O10/c1-17-20(4-8-33(42)43)28-14-26-19(3)22(6-10-35(46)47)30(40-26)16-32-24(12-37(50)51)23(7-11-36(48)49)31(41-32)15-27-18(2)21(5-9-34(44)45)29(39-27)13-25(17)38-28/h13-16,38-41H,4-12H2,1-3H3,(H,42,43)(H,44,45)(H,46,47)(H,48,49)(H,50,51). The van der Waals surface area contributed by atoms with Crippen LogP contribution in [-0.2, 0) is 56.1 Å². The Bertz CT molecular complexity index is 2330. The van der Waals surface area contributed by atoms with Crippen molar-refractivity contribution < 1.29 is 49.5 Å². The zero-order valence-electron chi connectivity index (χ0n) is 28.5. The van der Waals surface area contributed by atoms with Gasteiger partial charge < -0.3 is 45.5 Å². The fourth-order valence-corrected chi connectivity index (χ4v) is 6.82. The lowest BCUT2D eigenvalue weighted by Gasteiger charge is -2.04. The largest absolute Gasteiger partial charge is 0.481 e. The molecule has 1 aliphatic rings. The lowest BCUT2D eigenvalue weighted by molar-refractivity contribution is -0.138. The van der Waals surface area contributed by atoms with Crippen LogP contribution in [0.25, 0.3) is 24.3 Å². The molecule has 5 heterocycles. The minimum Gasteiger partial charge on any atom is -0.481 e. The molecule has 0 saturated carbocycles. The van der Waals surface area contributed by atoms with E-state index in [2.05, 4.69) is 19.9 Å². The highest BCUT2D eigenvalue weighted by Crippen LogP contribution is 2.25. The summed E-state index contributed by atoms with van der Waals surface area (Å²) in [5, 5.41) is 50.5. The molecule has 0 spiro atoms. The van der Waals surface area contributed by atoms with Gasteiger partial charge in [0, 0.05) is 69.9 Å². The number of carboxylic acid groups (broad SMARTS) is 5. The van der Waals surface area contributed by atoms with Crippen LogP contribution in [0.5, 0.6) is 0 Å². The molecular formula is C37H40N4O10. The van der Waals surface area contributed by atoms with E-state index < -0.39 is 36.3 Å². The number of hydrogen-bond acceptors (Lipinski definition) is 5. The number of aliphatic carboxylic acids is 5. The van der Waals surface area contributed by atoms with Crippen LogP contribution in [-0.4, -0.2) is 75.3 Å². The number of hydrogen-bond donors (Lipinski definition) is 9. The van der Waals surface area contributed by atoms with Crippen LogP contribution < -0.4 is 21.4 Å². The molecule has 0 atom stereocenters. The first-order chi connectivity index (χ1) is 24.1. The second-order valence-corrected chi connectivity index (χ2v) is 12.8. The first-order valence-corrected chi connectivity index (χ1v) is 16.5. The van der Waals surface area contributed by atoms with Crippen LogP contribution in [0.15, 0.2) is 0 Å². The van der Waals surface area contributed by atoms with E-state index in [4.69, 9.17) is 0 Å². The van der Waals surface area contributed by atoms with Gasteiger partial charge in [0.15, 0.2) is 0 Å². The Kier molecular flexibility index (Phi) is 10.5. The monoisotopic (exact) mass is 700 g/mol. The Morgan fingerprint density at radius 1 is 0.412 bits per heavy atom. The molecule has 51 heavy (non-hydrogen) atoms. The van der Waals surface area contributed by atoms with Gasteiger partial charge in [0.2, 0.25) is 0 Å². The molecule has 0 amide bonds. The molecule has 8 bridgehead atoms. The Hall–Kier alpha value is -6.05. The molecule has 5 rings (SSSR count). The Labute approximate surface area is 290 Å². The molecule has 4 aromatic heterocycles. The van der Waals surface area contributed by atoms with E-state index in [9.17, 15) is 49.5 Å². The average Bonchev–Trinajstić information content (AvgIpc) is 3.70. The maximum atomic E-state index is 12.2. The van der Waals surface area contributed by atoms with Crippen molar-refractivity contribution in [3.05, 3.63) is 88.7 Å². The highest BCUT2D eigenvalue weighted by Gasteiger charge is 2.21. The molecule has 0 saturated heterocycles. The van der Waals surface area contributed by atoms with Gasteiger partial charge in [-0.2, -0.15) is 0 Å². The van der Waals surface area contributed by atoms with Gasteiger partial charge in [0.05, 0.1) is 6.42 Å². The maximum absolute atomic E-state index is 12.2. The van der Waals surface area contributed by atoms with Gasteiger partial charge in [0.25, 0.3) is 0 Å². The van der Waals surface area contributed by atoms with E-state index in [0.29, 0.717) is 60.9 Å². The van der Waals surface area contributed by atoms with Crippen LogP contribution in [0.2, 0.25) is 0 Å². The Balaban J connectivity index is 1.94. The lowest BCUT2D eigenvalue weighted by atomic mass is 9.99. The topological polar surface area (TPSA) is 250 Å². The summed E-state index contributed by atoms with van der Waals surface area (Å²) in [5.74, 6) is -5.12. The van der Waals surface area contributed by atoms with Crippen molar-refractivity contribution in [2.45, 2.75) is 78.6 Å². The quantitative estimate of drug-likeness (QED) is 0.0802. The molecule has 0 aliphatic carbocycles. The number of nitrogens with one attached hydrogen (secondary N) is 4. The highest BCUT2D eigenvalue weighted by atomic mass is 16.4. The molecule has 4 aromatic rings. The van der Waals surface area contributed by atoms with E-state index in [1.807, 2.05) is 32.9 Å². The summed E-state index contributed by atoms with van der Waals surface area (Å²) in [7, 11) is 0. The third-order valence-electron chi connectivity index (χ3n) is 9.48. The third kappa shape index (κ3) is 8.06. The summed E-state index contributed by atoms with van der Waals surface area (Å²) in [6, 6.07) is 0. The molecule has 268 valence electrons. The van der Waals surface area contributed by atoms with Crippen molar-refractivity contribution in [1.82, 2.24) is 19.9 Å². The minimum absolute atomic E-state index is 0.0245. The van der Waals surface area contributed by atoms with Gasteiger partial charge in [-0.1, -0.05) is 0 Å². The van der Waals surface area contributed by atoms with Crippen LogP contribution in [0.1, 0.15) is 93.0 Å². The first-order valence-electron chi connectivity index (χ1n) is 16.5. The van der Waals surface area contributed by atoms with E-state index >= 15 is 0 Å². The number of H-pyrrole nitrogens is 4. The number of rotatable bonds is 14. The van der Waals surface area contributed by atoms with Gasteiger partial charge in [-0.25, -0.2) is 0 Å². The average molecular weight is 701 g/mol. The first kappa shape index (κ1) is 36.2. The number of aromatic amines is 4. The molecular weight excluding hydrogens is 660 g/mol. The van der Waals surface area contributed by atoms with Gasteiger partial charge >= 0.3 is 29.8 Å². The summed E-state index contributed by atoms with van der Waals surface area (Å²) < 4.78 is 0. The van der Waals surface area contributed by atoms with Crippen LogP contribution in [0.4, 0.5) is 0 Å². The van der Waals surface area contributed by atoms with E-state index in [1.54, 1.807) is 12.2 Å². The van der Waals surface area contributed by atoms with Gasteiger partial charge in [0.1, 0.15) is 0 Å². The van der Waals surface area contributed by atoms with E-state index in [0.717, 1.165) is 27.8 Å². The van der Waals surface area contributed by atoms with E-state index in [1.165, 1.54) is 0 Å². The molecule has 9 N–H and O–H groups in total. The zero-order chi connectivity index (χ0) is 37.1. The zero-order valence-corrected chi connectivity index (χ0v) is 28.5. The normalized spacial score (nSPS) is 12.0. The molecule has 0 fully saturated rings. The maximum Gasteiger partial charge on any atom is 0.307 e. The SMILES string of the molecule is Cc1c2[nH]c(c1CCC(=O)O)C=c1[nH]c(c(CCC(=O)O)c1C)=Cc1[nH]c(c(CCC(=O)O)c1CC(=O)O)C=c1[nH]c(c(CCC(=O)O)c1C)=C2. The lowest BCUT2D eigenvalue weighted by Crippen LogP contribution is -2.14. The molecule has 0 aromatic carbocycles. The summed E-state index contributed by atoms with van der Waals surface area (Å²) in [6.07, 6.45) is 6.66. The van der Waals surface area contributed by atoms with Crippen LogP contribution in [0.3, 0.4) is 0 Å². The van der Waals surface area contributed by atoms with Crippen LogP contribution >= 0.6 is 0 Å². The van der Waals surface area contributed by atoms with Gasteiger partial charge in [-0.15, -0.1) is 0 Å². The van der Waals surface area contributed by atoms with Crippen molar-refractivity contribution in [2.75, 3.05) is 0 Å². The predicted octanol–water partition coefficient (Wildman–Crippen LogP) is 1.25. The smallest absolute Gasteiger partial charge is 0.307 e. The minimum atomic E-state index is -1.13. The number of carbonyl (C=O) groups is 5. The van der Waals surface area contributed by atoms with Crippen molar-refractivity contribution in [3.8, 4) is 0 Å². The fourth-order valence-electron chi connectivity index (χ4n) is 6.82. The number of aromatic nitrogens is 4. The molecule has 1 aliphatic heterocycles. The molecule has 0 radical (unpaired) electrons. The predicted molar refractivity (Wildman–Crippen MR) is 185 cm³/mol. The Morgan fingerprint density at radius 2 is 0.765 bits per heavy atom. The Morgan fingerprint density at radius 3 is 1.22 bits per heavy atom. The van der Waals surface area contributed by atoms with Gasteiger partial charge in [-0.05, 0) is 115 Å². The van der Waals surface area contributed by atoms with Crippen molar-refractivity contribution in [2.24, 2.45) is 0 Å². The molecule has 14 heteroatoms. The van der Waals surface area contributed by atoms with Gasteiger partial charge in [-0.3, -0.25) is 24.0 Å². The van der Waals surface area contributed by atoms with Crippen molar-refractivity contribution in [1.29, 1.82) is 0 Å². The molecule has 14 nitrogen and oxygen atoms in total.